The van der Waals surface area contributed by atoms with Gasteiger partial charge < -0.3 is 10.5 Å². The van der Waals surface area contributed by atoms with Gasteiger partial charge in [0.25, 0.3) is 5.56 Å². The number of benzene rings is 1. The average Bonchev–Trinajstić information content (AvgIpc) is 2.38. The van der Waals surface area contributed by atoms with Gasteiger partial charge in [-0.1, -0.05) is 12.1 Å². The second kappa shape index (κ2) is 5.86. The zero-order valence-corrected chi connectivity index (χ0v) is 9.95. The standard InChI is InChI=1S/C13H15N3O2/c14-11-5-1-2-6-12(11)18-10-4-9-16-13(17)7-3-8-15-16/h1-3,5-8H,4,9-10,14H2. The minimum absolute atomic E-state index is 0.100. The van der Waals surface area contributed by atoms with Gasteiger partial charge in [-0.25, -0.2) is 4.68 Å². The van der Waals surface area contributed by atoms with Crippen LogP contribution in [0, 0.1) is 0 Å². The summed E-state index contributed by atoms with van der Waals surface area (Å²) in [5, 5.41) is 3.96. The maximum absolute atomic E-state index is 11.4. The van der Waals surface area contributed by atoms with Crippen LogP contribution in [0.1, 0.15) is 6.42 Å². The van der Waals surface area contributed by atoms with Crippen LogP contribution >= 0.6 is 0 Å². The van der Waals surface area contributed by atoms with Gasteiger partial charge in [0.15, 0.2) is 0 Å². The molecule has 0 radical (unpaired) electrons. The van der Waals surface area contributed by atoms with Crippen molar-refractivity contribution >= 4 is 5.69 Å². The van der Waals surface area contributed by atoms with E-state index in [2.05, 4.69) is 5.10 Å². The van der Waals surface area contributed by atoms with Crippen LogP contribution in [0.3, 0.4) is 0 Å². The van der Waals surface area contributed by atoms with Crippen molar-refractivity contribution in [1.29, 1.82) is 0 Å². The third-order valence-corrected chi connectivity index (χ3v) is 2.48. The van der Waals surface area contributed by atoms with Crippen LogP contribution in [-0.4, -0.2) is 16.4 Å². The molecule has 5 nitrogen and oxygen atoms in total. The molecule has 0 saturated heterocycles. The van der Waals surface area contributed by atoms with Crippen LogP contribution in [0.25, 0.3) is 0 Å². The van der Waals surface area contributed by atoms with E-state index in [0.29, 0.717) is 31.0 Å². The Morgan fingerprint density at radius 1 is 1.22 bits per heavy atom. The Hall–Kier alpha value is -2.30. The van der Waals surface area contributed by atoms with E-state index >= 15 is 0 Å². The Morgan fingerprint density at radius 2 is 2.06 bits per heavy atom. The number of nitrogen functional groups attached to an aromatic ring is 1. The van der Waals surface area contributed by atoms with Crippen LogP contribution in [0.5, 0.6) is 5.75 Å². The van der Waals surface area contributed by atoms with Gasteiger partial charge in [-0.15, -0.1) is 0 Å². The van der Waals surface area contributed by atoms with Gasteiger partial charge in [-0.2, -0.15) is 5.10 Å². The number of aryl methyl sites for hydroxylation is 1. The quantitative estimate of drug-likeness (QED) is 0.636. The fourth-order valence-corrected chi connectivity index (χ4v) is 1.56. The van der Waals surface area contributed by atoms with Crippen LogP contribution in [0.15, 0.2) is 47.4 Å². The topological polar surface area (TPSA) is 70.1 Å². The summed E-state index contributed by atoms with van der Waals surface area (Å²) in [5.41, 5.74) is 6.26. The van der Waals surface area contributed by atoms with Gasteiger partial charge in [0.1, 0.15) is 5.75 Å². The van der Waals surface area contributed by atoms with Crippen molar-refractivity contribution in [2.24, 2.45) is 0 Å². The summed E-state index contributed by atoms with van der Waals surface area (Å²) in [6, 6.07) is 10.5. The molecule has 0 atom stereocenters. The van der Waals surface area contributed by atoms with Gasteiger partial charge in [0.05, 0.1) is 12.3 Å². The zero-order valence-electron chi connectivity index (χ0n) is 9.95. The highest BCUT2D eigenvalue weighted by atomic mass is 16.5. The van der Waals surface area contributed by atoms with Gasteiger partial charge in [-0.3, -0.25) is 4.79 Å². The molecular weight excluding hydrogens is 230 g/mol. The molecule has 2 N–H and O–H groups in total. The molecule has 5 heteroatoms. The summed E-state index contributed by atoms with van der Waals surface area (Å²) in [6.07, 6.45) is 2.29. The average molecular weight is 245 g/mol. The molecule has 0 bridgehead atoms. The number of hydrogen-bond acceptors (Lipinski definition) is 4. The first-order valence-electron chi connectivity index (χ1n) is 5.77. The second-order valence-corrected chi connectivity index (χ2v) is 3.82. The van der Waals surface area contributed by atoms with Crippen molar-refractivity contribution in [2.45, 2.75) is 13.0 Å². The largest absolute Gasteiger partial charge is 0.491 e. The Kier molecular flexibility index (Phi) is 3.96. The number of rotatable bonds is 5. The van der Waals surface area contributed by atoms with E-state index in [9.17, 15) is 4.79 Å². The van der Waals surface area contributed by atoms with E-state index in [1.807, 2.05) is 18.2 Å². The molecule has 0 aliphatic rings. The molecule has 0 fully saturated rings. The number of hydrogen-bond donors (Lipinski definition) is 1. The highest BCUT2D eigenvalue weighted by Crippen LogP contribution is 2.19. The number of anilines is 1. The van der Waals surface area contributed by atoms with Crippen LogP contribution < -0.4 is 16.0 Å². The zero-order chi connectivity index (χ0) is 12.8. The lowest BCUT2D eigenvalue weighted by Gasteiger charge is -2.08. The summed E-state index contributed by atoms with van der Waals surface area (Å²) in [6.45, 7) is 1.03. The number of aromatic nitrogens is 2. The summed E-state index contributed by atoms with van der Waals surface area (Å²) in [4.78, 5) is 11.4. The fourth-order valence-electron chi connectivity index (χ4n) is 1.56. The van der Waals surface area contributed by atoms with E-state index in [1.54, 1.807) is 18.3 Å². The predicted octanol–water partition coefficient (Wildman–Crippen LogP) is 1.29. The number of nitrogens with two attached hydrogens (primary N) is 1. The van der Waals surface area contributed by atoms with Crippen molar-refractivity contribution in [1.82, 2.24) is 9.78 Å². The molecule has 94 valence electrons. The molecule has 18 heavy (non-hydrogen) atoms. The maximum atomic E-state index is 11.4. The Bertz CT molecular complexity index is 566. The molecule has 0 aliphatic carbocycles. The monoisotopic (exact) mass is 245 g/mol. The van der Waals surface area contributed by atoms with Gasteiger partial charge in [0.2, 0.25) is 0 Å². The normalized spacial score (nSPS) is 10.2. The molecule has 2 aromatic rings. The van der Waals surface area contributed by atoms with E-state index in [4.69, 9.17) is 10.5 Å². The van der Waals surface area contributed by atoms with Crippen LogP contribution in [0.4, 0.5) is 5.69 Å². The van der Waals surface area contributed by atoms with E-state index < -0.39 is 0 Å². The van der Waals surface area contributed by atoms with Gasteiger partial charge in [0, 0.05) is 25.2 Å². The first-order chi connectivity index (χ1) is 8.77. The minimum atomic E-state index is -0.100. The summed E-state index contributed by atoms with van der Waals surface area (Å²) in [5.74, 6) is 0.672. The molecule has 0 unspecified atom stereocenters. The van der Waals surface area contributed by atoms with Crippen molar-refractivity contribution in [2.75, 3.05) is 12.3 Å². The first-order valence-corrected chi connectivity index (χ1v) is 5.77. The summed E-state index contributed by atoms with van der Waals surface area (Å²) < 4.78 is 6.94. The summed E-state index contributed by atoms with van der Waals surface area (Å²) >= 11 is 0. The molecule has 0 saturated carbocycles. The highest BCUT2D eigenvalue weighted by molar-refractivity contribution is 5.51. The Balaban J connectivity index is 1.82. The van der Waals surface area contributed by atoms with E-state index in [1.165, 1.54) is 10.7 Å². The van der Waals surface area contributed by atoms with E-state index in [0.717, 1.165) is 0 Å². The molecule has 0 amide bonds. The van der Waals surface area contributed by atoms with Gasteiger partial charge in [-0.05, 0) is 18.2 Å². The number of ether oxygens (including phenoxy) is 1. The molecular formula is C13H15N3O2. The first kappa shape index (κ1) is 12.2. The number of para-hydroxylation sites is 2. The van der Waals surface area contributed by atoms with E-state index in [-0.39, 0.29) is 5.56 Å². The summed E-state index contributed by atoms with van der Waals surface area (Å²) in [7, 11) is 0. The smallest absolute Gasteiger partial charge is 0.266 e. The lowest BCUT2D eigenvalue weighted by molar-refractivity contribution is 0.298. The third-order valence-electron chi connectivity index (χ3n) is 2.48. The Morgan fingerprint density at radius 3 is 2.83 bits per heavy atom. The molecule has 1 aromatic carbocycles. The maximum Gasteiger partial charge on any atom is 0.266 e. The van der Waals surface area contributed by atoms with Crippen molar-refractivity contribution in [3.63, 3.8) is 0 Å². The van der Waals surface area contributed by atoms with Crippen molar-refractivity contribution in [3.05, 3.63) is 52.9 Å². The second-order valence-electron chi connectivity index (χ2n) is 3.82. The predicted molar refractivity (Wildman–Crippen MR) is 69.5 cm³/mol. The molecule has 0 spiro atoms. The van der Waals surface area contributed by atoms with Crippen molar-refractivity contribution < 1.29 is 4.74 Å². The fraction of sp³-hybridized carbons (Fsp3) is 0.231. The highest BCUT2D eigenvalue weighted by Gasteiger charge is 1.99. The molecule has 2 rings (SSSR count). The SMILES string of the molecule is Nc1ccccc1OCCCn1ncccc1=O. The van der Waals surface area contributed by atoms with Gasteiger partial charge >= 0.3 is 0 Å². The number of nitrogens with zero attached hydrogens (tertiary/aromatic N) is 2. The molecule has 1 heterocycles. The van der Waals surface area contributed by atoms with Crippen LogP contribution in [-0.2, 0) is 6.54 Å². The molecule has 0 aliphatic heterocycles. The lowest BCUT2D eigenvalue weighted by atomic mass is 10.3. The lowest BCUT2D eigenvalue weighted by Crippen LogP contribution is -2.22. The third kappa shape index (κ3) is 3.10. The minimum Gasteiger partial charge on any atom is -0.491 e. The van der Waals surface area contributed by atoms with Crippen molar-refractivity contribution in [3.8, 4) is 5.75 Å². The Labute approximate surface area is 105 Å². The molecule has 1 aromatic heterocycles. The van der Waals surface area contributed by atoms with Crippen LogP contribution in [0.2, 0.25) is 0 Å².